The third-order valence-electron chi connectivity index (χ3n) is 2.20. The molecule has 0 amide bonds. The molecule has 0 atom stereocenters. The van der Waals surface area contributed by atoms with Crippen molar-refractivity contribution >= 4 is 5.97 Å². The zero-order valence-electron chi connectivity index (χ0n) is 8.05. The number of aromatic nitrogens is 1. The molecule has 0 bridgehead atoms. The summed E-state index contributed by atoms with van der Waals surface area (Å²) in [6.45, 7) is 3.19. The van der Waals surface area contributed by atoms with Gasteiger partial charge in [-0.15, -0.1) is 0 Å². The summed E-state index contributed by atoms with van der Waals surface area (Å²) in [7, 11) is 0. The van der Waals surface area contributed by atoms with E-state index in [0.29, 0.717) is 16.8 Å². The summed E-state index contributed by atoms with van der Waals surface area (Å²) >= 11 is 0. The first-order valence-corrected chi connectivity index (χ1v) is 4.14. The van der Waals surface area contributed by atoms with Crippen LogP contribution in [0.25, 0.3) is 0 Å². The Morgan fingerprint density at radius 1 is 1.50 bits per heavy atom. The standard InChI is InChI=1S/C9H12N2O3/c1-4-6(3-10)8(12)11-5(2)7(4)9(13)14/h3,10H2,1-2H3,(H,11,12)(H,13,14). The molecular formula is C9H12N2O3. The average molecular weight is 196 g/mol. The van der Waals surface area contributed by atoms with Crippen molar-refractivity contribution in [3.63, 3.8) is 0 Å². The smallest absolute Gasteiger partial charge is 0.337 e. The van der Waals surface area contributed by atoms with E-state index in [9.17, 15) is 9.59 Å². The summed E-state index contributed by atoms with van der Waals surface area (Å²) in [4.78, 5) is 24.7. The van der Waals surface area contributed by atoms with E-state index >= 15 is 0 Å². The molecule has 0 radical (unpaired) electrons. The van der Waals surface area contributed by atoms with Crippen LogP contribution in [0.3, 0.4) is 0 Å². The van der Waals surface area contributed by atoms with Crippen molar-refractivity contribution in [1.29, 1.82) is 0 Å². The maximum Gasteiger partial charge on any atom is 0.337 e. The number of rotatable bonds is 2. The van der Waals surface area contributed by atoms with E-state index in [-0.39, 0.29) is 17.7 Å². The van der Waals surface area contributed by atoms with E-state index in [4.69, 9.17) is 10.8 Å². The number of nitrogens with one attached hydrogen (secondary N) is 1. The molecule has 5 nitrogen and oxygen atoms in total. The van der Waals surface area contributed by atoms with Crippen LogP contribution < -0.4 is 11.3 Å². The van der Waals surface area contributed by atoms with E-state index in [1.165, 1.54) is 0 Å². The number of carboxylic acid groups (broad SMARTS) is 1. The van der Waals surface area contributed by atoms with Crippen LogP contribution >= 0.6 is 0 Å². The van der Waals surface area contributed by atoms with Gasteiger partial charge in [-0.25, -0.2) is 4.79 Å². The summed E-state index contributed by atoms with van der Waals surface area (Å²) < 4.78 is 0. The number of nitrogens with two attached hydrogens (primary N) is 1. The molecule has 76 valence electrons. The van der Waals surface area contributed by atoms with E-state index in [0.717, 1.165) is 0 Å². The maximum absolute atomic E-state index is 11.3. The van der Waals surface area contributed by atoms with Crippen LogP contribution in [-0.4, -0.2) is 16.1 Å². The normalized spacial score (nSPS) is 10.2. The van der Waals surface area contributed by atoms with Gasteiger partial charge in [0.2, 0.25) is 0 Å². The highest BCUT2D eigenvalue weighted by molar-refractivity contribution is 5.90. The Morgan fingerprint density at radius 2 is 2.07 bits per heavy atom. The summed E-state index contributed by atoms with van der Waals surface area (Å²) in [5.41, 5.74) is 6.31. The van der Waals surface area contributed by atoms with Gasteiger partial charge in [-0.05, 0) is 19.4 Å². The topological polar surface area (TPSA) is 96.2 Å². The Bertz CT molecular complexity index is 434. The largest absolute Gasteiger partial charge is 0.478 e. The molecule has 0 spiro atoms. The highest BCUT2D eigenvalue weighted by atomic mass is 16.4. The summed E-state index contributed by atoms with van der Waals surface area (Å²) in [6.07, 6.45) is 0. The number of hydrogen-bond donors (Lipinski definition) is 3. The van der Waals surface area contributed by atoms with Crippen molar-refractivity contribution < 1.29 is 9.90 Å². The number of carbonyl (C=O) groups is 1. The van der Waals surface area contributed by atoms with E-state index in [1.54, 1.807) is 13.8 Å². The number of hydrogen-bond acceptors (Lipinski definition) is 3. The lowest BCUT2D eigenvalue weighted by Gasteiger charge is -2.08. The lowest BCUT2D eigenvalue weighted by atomic mass is 10.0. The van der Waals surface area contributed by atoms with Gasteiger partial charge in [-0.1, -0.05) is 0 Å². The third-order valence-corrected chi connectivity index (χ3v) is 2.20. The fourth-order valence-electron chi connectivity index (χ4n) is 1.48. The number of H-pyrrole nitrogens is 1. The van der Waals surface area contributed by atoms with Crippen LogP contribution in [0.15, 0.2) is 4.79 Å². The number of aryl methyl sites for hydroxylation is 1. The second-order valence-electron chi connectivity index (χ2n) is 3.07. The van der Waals surface area contributed by atoms with Gasteiger partial charge in [-0.2, -0.15) is 0 Å². The van der Waals surface area contributed by atoms with Crippen molar-refractivity contribution in [2.45, 2.75) is 20.4 Å². The molecule has 4 N–H and O–H groups in total. The predicted octanol–water partition coefficient (Wildman–Crippen LogP) is 0.149. The first-order valence-electron chi connectivity index (χ1n) is 4.14. The molecule has 1 heterocycles. The van der Waals surface area contributed by atoms with Crippen molar-refractivity contribution in [2.75, 3.05) is 0 Å². The van der Waals surface area contributed by atoms with Crippen molar-refractivity contribution in [2.24, 2.45) is 5.73 Å². The van der Waals surface area contributed by atoms with Gasteiger partial charge in [0.1, 0.15) is 0 Å². The minimum atomic E-state index is -1.05. The third kappa shape index (κ3) is 1.54. The highest BCUT2D eigenvalue weighted by Crippen LogP contribution is 2.12. The molecule has 0 unspecified atom stereocenters. The molecule has 1 aromatic rings. The Balaban J connectivity index is 3.60. The summed E-state index contributed by atoms with van der Waals surface area (Å²) in [5.74, 6) is -1.05. The average Bonchev–Trinajstić information content (AvgIpc) is 2.02. The Hall–Kier alpha value is -1.62. The SMILES string of the molecule is Cc1[nH]c(=O)c(CN)c(C)c1C(=O)O. The van der Waals surface area contributed by atoms with E-state index in [2.05, 4.69) is 4.98 Å². The first-order chi connectivity index (χ1) is 6.49. The van der Waals surface area contributed by atoms with Crippen LogP contribution in [-0.2, 0) is 6.54 Å². The highest BCUT2D eigenvalue weighted by Gasteiger charge is 2.15. The van der Waals surface area contributed by atoms with Crippen LogP contribution in [0.2, 0.25) is 0 Å². The van der Waals surface area contributed by atoms with Gasteiger partial charge >= 0.3 is 5.97 Å². The second-order valence-corrected chi connectivity index (χ2v) is 3.07. The monoisotopic (exact) mass is 196 g/mol. The molecule has 0 fully saturated rings. The fourth-order valence-corrected chi connectivity index (χ4v) is 1.48. The van der Waals surface area contributed by atoms with Crippen molar-refractivity contribution in [3.8, 4) is 0 Å². The second kappa shape index (κ2) is 3.63. The Morgan fingerprint density at radius 3 is 2.50 bits per heavy atom. The van der Waals surface area contributed by atoms with Crippen molar-refractivity contribution in [3.05, 3.63) is 32.7 Å². The van der Waals surface area contributed by atoms with Gasteiger partial charge in [0.15, 0.2) is 0 Å². The zero-order chi connectivity index (χ0) is 10.9. The van der Waals surface area contributed by atoms with E-state index in [1.807, 2.05) is 0 Å². The molecule has 0 aromatic carbocycles. The molecule has 0 saturated carbocycles. The Labute approximate surface area is 80.6 Å². The molecule has 1 rings (SSSR count). The number of aromatic carboxylic acids is 1. The summed E-state index contributed by atoms with van der Waals surface area (Å²) in [5, 5.41) is 8.89. The summed E-state index contributed by atoms with van der Waals surface area (Å²) in [6, 6.07) is 0. The number of pyridine rings is 1. The molecular weight excluding hydrogens is 184 g/mol. The number of aromatic amines is 1. The minimum Gasteiger partial charge on any atom is -0.478 e. The predicted molar refractivity (Wildman–Crippen MR) is 51.4 cm³/mol. The Kier molecular flexibility index (Phi) is 2.71. The molecule has 0 aliphatic rings. The van der Waals surface area contributed by atoms with Crippen molar-refractivity contribution in [1.82, 2.24) is 4.98 Å². The minimum absolute atomic E-state index is 0.0434. The van der Waals surface area contributed by atoms with Crippen LogP contribution in [0.1, 0.15) is 27.2 Å². The van der Waals surface area contributed by atoms with Gasteiger partial charge in [0.05, 0.1) is 5.56 Å². The molecule has 0 aliphatic carbocycles. The lowest BCUT2D eigenvalue weighted by molar-refractivity contribution is 0.0694. The lowest BCUT2D eigenvalue weighted by Crippen LogP contribution is -2.22. The van der Waals surface area contributed by atoms with Crippen LogP contribution in [0.4, 0.5) is 0 Å². The quantitative estimate of drug-likeness (QED) is 0.627. The fraction of sp³-hybridized carbons (Fsp3) is 0.333. The zero-order valence-corrected chi connectivity index (χ0v) is 8.05. The molecule has 5 heteroatoms. The van der Waals surface area contributed by atoms with Gasteiger partial charge < -0.3 is 15.8 Å². The maximum atomic E-state index is 11.3. The molecule has 0 saturated heterocycles. The molecule has 1 aromatic heterocycles. The van der Waals surface area contributed by atoms with Gasteiger partial charge in [-0.3, -0.25) is 4.79 Å². The van der Waals surface area contributed by atoms with Gasteiger partial charge in [0.25, 0.3) is 5.56 Å². The molecule has 14 heavy (non-hydrogen) atoms. The van der Waals surface area contributed by atoms with Gasteiger partial charge in [0, 0.05) is 17.8 Å². The number of carboxylic acids is 1. The van der Waals surface area contributed by atoms with Crippen LogP contribution in [0.5, 0.6) is 0 Å². The van der Waals surface area contributed by atoms with Crippen LogP contribution in [0, 0.1) is 13.8 Å². The van der Waals surface area contributed by atoms with E-state index < -0.39 is 5.97 Å². The first kappa shape index (κ1) is 10.5. The molecule has 0 aliphatic heterocycles.